The van der Waals surface area contributed by atoms with Gasteiger partial charge in [0, 0.05) is 0 Å². The lowest BCUT2D eigenvalue weighted by molar-refractivity contribution is 0.0447. The van der Waals surface area contributed by atoms with Crippen molar-refractivity contribution in [2.24, 2.45) is 5.92 Å². The quantitative estimate of drug-likeness (QED) is 0.645. The van der Waals surface area contributed by atoms with Crippen LogP contribution in [-0.4, -0.2) is 23.7 Å². The van der Waals surface area contributed by atoms with E-state index in [2.05, 4.69) is 0 Å². The number of phenols is 1. The summed E-state index contributed by atoms with van der Waals surface area (Å²) in [6, 6.07) is 11.9. The fourth-order valence-electron chi connectivity index (χ4n) is 1.84. The highest BCUT2D eigenvalue weighted by Crippen LogP contribution is 2.16. The number of phenolic OH excluding ortho intramolecular Hbond substituents is 1. The normalized spacial score (nSPS) is 11.6. The molecule has 5 heteroatoms. The first-order valence-corrected chi connectivity index (χ1v) is 7.78. The number of ether oxygens (including phenoxy) is 2. The molecule has 0 saturated carbocycles. The zero-order chi connectivity index (χ0) is 17.5. The number of aromatic hydroxyl groups is 1. The average Bonchev–Trinajstić information content (AvgIpc) is 2.60. The predicted octanol–water partition coefficient (Wildman–Crippen LogP) is 3.81. The first kappa shape index (κ1) is 17.5. The Balaban J connectivity index is 1.95. The zero-order valence-corrected chi connectivity index (χ0v) is 13.7. The zero-order valence-electron chi connectivity index (χ0n) is 13.7. The Morgan fingerprint density at radius 3 is 2.08 bits per heavy atom. The van der Waals surface area contributed by atoms with Gasteiger partial charge < -0.3 is 14.6 Å². The molecule has 24 heavy (non-hydrogen) atoms. The smallest absolute Gasteiger partial charge is 0.343 e. The van der Waals surface area contributed by atoms with Crippen LogP contribution in [-0.2, 0) is 4.74 Å². The summed E-state index contributed by atoms with van der Waals surface area (Å²) in [6.45, 7) is 4.43. The molecule has 2 aromatic rings. The lowest BCUT2D eigenvalue weighted by atomic mass is 10.1. The van der Waals surface area contributed by atoms with Crippen molar-refractivity contribution in [3.05, 3.63) is 59.7 Å². The minimum Gasteiger partial charge on any atom is -0.508 e. The van der Waals surface area contributed by atoms with Crippen molar-refractivity contribution in [2.45, 2.75) is 20.3 Å². The maximum atomic E-state index is 12.0. The SMILES string of the molecule is CCC(C)COC(=O)c1ccc(OC(=O)c2ccc(O)cc2)cc1. The van der Waals surface area contributed by atoms with Crippen LogP contribution in [0.1, 0.15) is 41.0 Å². The first-order valence-electron chi connectivity index (χ1n) is 7.78. The molecule has 0 fully saturated rings. The molecule has 1 unspecified atom stereocenters. The largest absolute Gasteiger partial charge is 0.508 e. The van der Waals surface area contributed by atoms with Crippen LogP contribution in [0.25, 0.3) is 0 Å². The Labute approximate surface area is 140 Å². The summed E-state index contributed by atoms with van der Waals surface area (Å²) in [5.74, 6) is -0.216. The Kier molecular flexibility index (Phi) is 5.95. The van der Waals surface area contributed by atoms with E-state index in [-0.39, 0.29) is 5.75 Å². The first-order chi connectivity index (χ1) is 11.5. The third-order valence-electron chi connectivity index (χ3n) is 3.60. The van der Waals surface area contributed by atoms with Gasteiger partial charge in [-0.2, -0.15) is 0 Å². The molecular weight excluding hydrogens is 308 g/mol. The van der Waals surface area contributed by atoms with Crippen LogP contribution in [0.2, 0.25) is 0 Å². The van der Waals surface area contributed by atoms with Crippen LogP contribution in [0, 0.1) is 5.92 Å². The molecule has 0 radical (unpaired) electrons. The number of esters is 2. The van der Waals surface area contributed by atoms with Crippen LogP contribution in [0.15, 0.2) is 48.5 Å². The van der Waals surface area contributed by atoms with Gasteiger partial charge in [0.25, 0.3) is 0 Å². The minimum atomic E-state index is -0.540. The van der Waals surface area contributed by atoms with Crippen LogP contribution in [0.5, 0.6) is 11.5 Å². The molecule has 0 bridgehead atoms. The highest BCUT2D eigenvalue weighted by atomic mass is 16.5. The van der Waals surface area contributed by atoms with Crippen LogP contribution >= 0.6 is 0 Å². The molecule has 0 saturated heterocycles. The van der Waals surface area contributed by atoms with E-state index in [1.165, 1.54) is 36.4 Å². The average molecular weight is 328 g/mol. The van der Waals surface area contributed by atoms with Crippen molar-refractivity contribution in [3.63, 3.8) is 0 Å². The second kappa shape index (κ2) is 8.15. The summed E-state index contributed by atoms with van der Waals surface area (Å²) in [5.41, 5.74) is 0.729. The number of carbonyl (C=O) groups is 2. The molecule has 0 amide bonds. The van der Waals surface area contributed by atoms with Crippen molar-refractivity contribution < 1.29 is 24.2 Å². The second-order valence-corrected chi connectivity index (χ2v) is 5.57. The fourth-order valence-corrected chi connectivity index (χ4v) is 1.84. The van der Waals surface area contributed by atoms with Crippen molar-refractivity contribution in [1.29, 1.82) is 0 Å². The van der Waals surface area contributed by atoms with Crippen LogP contribution < -0.4 is 4.74 Å². The Morgan fingerprint density at radius 1 is 0.958 bits per heavy atom. The van der Waals surface area contributed by atoms with Gasteiger partial charge in [-0.3, -0.25) is 0 Å². The van der Waals surface area contributed by atoms with Gasteiger partial charge in [0.05, 0.1) is 17.7 Å². The van der Waals surface area contributed by atoms with E-state index in [4.69, 9.17) is 9.47 Å². The summed E-state index contributed by atoms with van der Waals surface area (Å²) >= 11 is 0. The number of hydrogen-bond donors (Lipinski definition) is 1. The van der Waals surface area contributed by atoms with Crippen molar-refractivity contribution in [3.8, 4) is 11.5 Å². The summed E-state index contributed by atoms with van der Waals surface area (Å²) in [4.78, 5) is 23.9. The molecule has 1 N–H and O–H groups in total. The molecule has 0 aliphatic heterocycles. The number of rotatable bonds is 6. The van der Waals surface area contributed by atoms with Gasteiger partial charge in [0.1, 0.15) is 11.5 Å². The molecular formula is C19H20O5. The van der Waals surface area contributed by atoms with E-state index in [0.717, 1.165) is 6.42 Å². The summed E-state index contributed by atoms with van der Waals surface area (Å²) < 4.78 is 10.4. The summed E-state index contributed by atoms with van der Waals surface area (Å²) in [7, 11) is 0. The molecule has 0 aliphatic carbocycles. The summed E-state index contributed by atoms with van der Waals surface area (Å²) in [5, 5.41) is 9.21. The Bertz CT molecular complexity index is 689. The fraction of sp³-hybridized carbons (Fsp3) is 0.263. The maximum Gasteiger partial charge on any atom is 0.343 e. The molecule has 0 spiro atoms. The van der Waals surface area contributed by atoms with E-state index in [1.54, 1.807) is 12.1 Å². The monoisotopic (exact) mass is 328 g/mol. The van der Waals surface area contributed by atoms with Crippen molar-refractivity contribution in [1.82, 2.24) is 0 Å². The Hall–Kier alpha value is -2.82. The number of hydrogen-bond acceptors (Lipinski definition) is 5. The van der Waals surface area contributed by atoms with Gasteiger partial charge >= 0.3 is 11.9 Å². The minimum absolute atomic E-state index is 0.0757. The van der Waals surface area contributed by atoms with Gasteiger partial charge in [-0.25, -0.2) is 9.59 Å². The molecule has 0 aromatic heterocycles. The Morgan fingerprint density at radius 2 is 1.50 bits per heavy atom. The second-order valence-electron chi connectivity index (χ2n) is 5.57. The van der Waals surface area contributed by atoms with E-state index < -0.39 is 11.9 Å². The lowest BCUT2D eigenvalue weighted by Crippen LogP contribution is -2.12. The van der Waals surface area contributed by atoms with Gasteiger partial charge in [0.2, 0.25) is 0 Å². The highest BCUT2D eigenvalue weighted by Gasteiger charge is 2.11. The van der Waals surface area contributed by atoms with Crippen LogP contribution in [0.3, 0.4) is 0 Å². The third-order valence-corrected chi connectivity index (χ3v) is 3.60. The summed E-state index contributed by atoms with van der Waals surface area (Å²) in [6.07, 6.45) is 0.944. The molecule has 2 aromatic carbocycles. The maximum absolute atomic E-state index is 12.0. The highest BCUT2D eigenvalue weighted by molar-refractivity contribution is 5.92. The standard InChI is InChI=1S/C19H20O5/c1-3-13(2)12-23-18(21)14-6-10-17(11-7-14)24-19(22)15-4-8-16(20)9-5-15/h4-11,13,20H,3,12H2,1-2H3. The van der Waals surface area contributed by atoms with Crippen molar-refractivity contribution in [2.75, 3.05) is 6.61 Å². The third kappa shape index (κ3) is 4.84. The molecule has 126 valence electrons. The molecule has 0 heterocycles. The topological polar surface area (TPSA) is 72.8 Å². The molecule has 5 nitrogen and oxygen atoms in total. The van der Waals surface area contributed by atoms with Crippen molar-refractivity contribution >= 4 is 11.9 Å². The van der Waals surface area contributed by atoms with E-state index >= 15 is 0 Å². The van der Waals surface area contributed by atoms with E-state index in [0.29, 0.717) is 29.4 Å². The van der Waals surface area contributed by atoms with E-state index in [9.17, 15) is 14.7 Å². The molecule has 2 rings (SSSR count). The van der Waals surface area contributed by atoms with Gasteiger partial charge in [-0.05, 0) is 54.4 Å². The number of benzene rings is 2. The number of carbonyl (C=O) groups excluding carboxylic acids is 2. The molecule has 0 aliphatic rings. The van der Waals surface area contributed by atoms with Crippen LogP contribution in [0.4, 0.5) is 0 Å². The predicted molar refractivity (Wildman–Crippen MR) is 89.2 cm³/mol. The lowest BCUT2D eigenvalue weighted by Gasteiger charge is -2.10. The molecule has 1 atom stereocenters. The van der Waals surface area contributed by atoms with Gasteiger partial charge in [-0.1, -0.05) is 20.3 Å². The van der Waals surface area contributed by atoms with Gasteiger partial charge in [0.15, 0.2) is 0 Å². The van der Waals surface area contributed by atoms with Gasteiger partial charge in [-0.15, -0.1) is 0 Å². The van der Waals surface area contributed by atoms with E-state index in [1.807, 2.05) is 13.8 Å².